The van der Waals surface area contributed by atoms with Crippen LogP contribution in [0.3, 0.4) is 0 Å². The maximum Gasteiger partial charge on any atom is 0.213 e. The highest BCUT2D eigenvalue weighted by atomic mass is 79.9. The molecule has 0 amide bonds. The largest absolute Gasteiger partial charge is 0.481 e. The summed E-state index contributed by atoms with van der Waals surface area (Å²) in [5.41, 5.74) is 0.947. The fourth-order valence-electron chi connectivity index (χ4n) is 1.14. The van der Waals surface area contributed by atoms with Crippen molar-refractivity contribution in [1.82, 2.24) is 4.98 Å². The molecule has 2 aromatic rings. The summed E-state index contributed by atoms with van der Waals surface area (Å²) >= 11 is 3.25. The molecule has 0 radical (unpaired) electrons. The molecule has 0 spiro atoms. The summed E-state index contributed by atoms with van der Waals surface area (Å²) in [4.78, 5) is 4.01. The molecule has 0 aromatic carbocycles. The first-order valence-electron chi connectivity index (χ1n) is 4.05. The Morgan fingerprint density at radius 1 is 1.36 bits per heavy atom. The molecule has 2 heterocycles. The van der Waals surface area contributed by atoms with Crippen molar-refractivity contribution in [2.75, 3.05) is 7.11 Å². The normalized spacial score (nSPS) is 10.1. The number of hydrogen-bond donors (Lipinski definition) is 0. The summed E-state index contributed by atoms with van der Waals surface area (Å²) in [6.45, 7) is 0. The van der Waals surface area contributed by atoms with E-state index in [1.807, 2.05) is 24.3 Å². The van der Waals surface area contributed by atoms with Gasteiger partial charge in [0.05, 0.1) is 7.11 Å². The predicted molar refractivity (Wildman–Crippen MR) is 56.2 cm³/mol. The van der Waals surface area contributed by atoms with Crippen LogP contribution in [0.2, 0.25) is 0 Å². The van der Waals surface area contributed by atoms with Gasteiger partial charge in [-0.25, -0.2) is 4.98 Å². The van der Waals surface area contributed by atoms with Crippen molar-refractivity contribution >= 4 is 15.9 Å². The third-order valence-electron chi connectivity index (χ3n) is 1.80. The molecule has 2 rings (SSSR count). The van der Waals surface area contributed by atoms with Gasteiger partial charge in [0.15, 0.2) is 4.67 Å². The van der Waals surface area contributed by atoms with Crippen LogP contribution in [-0.2, 0) is 0 Å². The summed E-state index contributed by atoms with van der Waals surface area (Å²) in [6, 6.07) is 7.43. The second kappa shape index (κ2) is 3.84. The summed E-state index contributed by atoms with van der Waals surface area (Å²) in [6.07, 6.45) is 1.69. The second-order valence-electron chi connectivity index (χ2n) is 2.69. The Bertz CT molecular complexity index is 439. The second-order valence-corrected chi connectivity index (χ2v) is 3.47. The average Bonchev–Trinajstić information content (AvgIpc) is 2.65. The maximum atomic E-state index is 5.40. The van der Waals surface area contributed by atoms with Crippen molar-refractivity contribution in [1.29, 1.82) is 0 Å². The number of methoxy groups -OCH3 is 1. The van der Waals surface area contributed by atoms with Crippen molar-refractivity contribution in [3.8, 4) is 17.2 Å². The van der Waals surface area contributed by atoms with Crippen LogP contribution in [0.1, 0.15) is 0 Å². The third-order valence-corrected chi connectivity index (χ3v) is 2.23. The minimum Gasteiger partial charge on any atom is -0.481 e. The number of halogens is 1. The van der Waals surface area contributed by atoms with Crippen LogP contribution < -0.4 is 4.74 Å². The Balaban J connectivity index is 2.41. The van der Waals surface area contributed by atoms with Gasteiger partial charge < -0.3 is 9.15 Å². The van der Waals surface area contributed by atoms with Crippen LogP contribution >= 0.6 is 15.9 Å². The molecule has 0 aliphatic carbocycles. The molecule has 0 bridgehead atoms. The maximum absolute atomic E-state index is 5.40. The molecule has 0 atom stereocenters. The Hall–Kier alpha value is -1.29. The van der Waals surface area contributed by atoms with E-state index in [-0.39, 0.29) is 0 Å². The highest BCUT2D eigenvalue weighted by molar-refractivity contribution is 9.10. The Labute approximate surface area is 89.8 Å². The molecule has 0 saturated carbocycles. The van der Waals surface area contributed by atoms with Crippen LogP contribution in [0.5, 0.6) is 5.88 Å². The van der Waals surface area contributed by atoms with E-state index in [1.165, 1.54) is 0 Å². The summed E-state index contributed by atoms with van der Waals surface area (Å²) in [5.74, 6) is 1.37. The van der Waals surface area contributed by atoms with Gasteiger partial charge in [-0.2, -0.15) is 0 Å². The zero-order chi connectivity index (χ0) is 9.97. The molecule has 0 aliphatic rings. The van der Waals surface area contributed by atoms with Crippen molar-refractivity contribution in [3.05, 3.63) is 35.1 Å². The van der Waals surface area contributed by atoms with Gasteiger partial charge in [-0.1, -0.05) is 0 Å². The monoisotopic (exact) mass is 253 g/mol. The van der Waals surface area contributed by atoms with E-state index in [9.17, 15) is 0 Å². The standard InChI is InChI=1S/C10H8BrNO2/c1-13-10-6-7(4-5-12-10)8-2-3-9(11)14-8/h2-6H,1H3. The van der Waals surface area contributed by atoms with E-state index in [0.717, 1.165) is 11.3 Å². The van der Waals surface area contributed by atoms with Crippen molar-refractivity contribution in [2.45, 2.75) is 0 Å². The van der Waals surface area contributed by atoms with Gasteiger partial charge in [0.1, 0.15) is 5.76 Å². The van der Waals surface area contributed by atoms with E-state index in [1.54, 1.807) is 13.3 Å². The lowest BCUT2D eigenvalue weighted by Crippen LogP contribution is -1.86. The minimum atomic E-state index is 0.579. The van der Waals surface area contributed by atoms with Gasteiger partial charge >= 0.3 is 0 Å². The fourth-order valence-corrected chi connectivity index (χ4v) is 1.45. The number of hydrogen-bond acceptors (Lipinski definition) is 3. The zero-order valence-corrected chi connectivity index (χ0v) is 9.11. The quantitative estimate of drug-likeness (QED) is 0.825. The number of ether oxygens (including phenoxy) is 1. The molecule has 3 nitrogen and oxygen atoms in total. The van der Waals surface area contributed by atoms with Gasteiger partial charge in [-0.3, -0.25) is 0 Å². The van der Waals surface area contributed by atoms with Crippen molar-refractivity contribution in [3.63, 3.8) is 0 Å². The molecule has 14 heavy (non-hydrogen) atoms. The first-order chi connectivity index (χ1) is 6.79. The zero-order valence-electron chi connectivity index (χ0n) is 7.53. The van der Waals surface area contributed by atoms with Crippen molar-refractivity contribution < 1.29 is 9.15 Å². The average molecular weight is 254 g/mol. The lowest BCUT2D eigenvalue weighted by atomic mass is 10.2. The first kappa shape index (κ1) is 9.27. The van der Waals surface area contributed by atoms with Crippen LogP contribution in [0.25, 0.3) is 11.3 Å². The number of aromatic nitrogens is 1. The Morgan fingerprint density at radius 2 is 2.21 bits per heavy atom. The number of pyridine rings is 1. The summed E-state index contributed by atoms with van der Waals surface area (Å²) in [5, 5.41) is 0. The molecule has 0 fully saturated rings. The molecule has 0 saturated heterocycles. The lowest BCUT2D eigenvalue weighted by Gasteiger charge is -1.99. The van der Waals surface area contributed by atoms with Gasteiger partial charge in [-0.15, -0.1) is 0 Å². The van der Waals surface area contributed by atoms with E-state index >= 15 is 0 Å². The third kappa shape index (κ3) is 1.80. The molecule has 0 N–H and O–H groups in total. The van der Waals surface area contributed by atoms with E-state index < -0.39 is 0 Å². The van der Waals surface area contributed by atoms with Gasteiger partial charge in [0.2, 0.25) is 5.88 Å². The van der Waals surface area contributed by atoms with E-state index in [2.05, 4.69) is 20.9 Å². The smallest absolute Gasteiger partial charge is 0.213 e. The Morgan fingerprint density at radius 3 is 2.86 bits per heavy atom. The summed E-state index contributed by atoms with van der Waals surface area (Å²) in [7, 11) is 1.59. The number of rotatable bonds is 2. The highest BCUT2D eigenvalue weighted by Gasteiger charge is 2.04. The van der Waals surface area contributed by atoms with Crippen LogP contribution in [0.15, 0.2) is 39.5 Å². The van der Waals surface area contributed by atoms with E-state index in [4.69, 9.17) is 9.15 Å². The summed E-state index contributed by atoms with van der Waals surface area (Å²) < 4.78 is 11.1. The molecule has 4 heteroatoms. The van der Waals surface area contributed by atoms with Gasteiger partial charge in [-0.05, 0) is 34.1 Å². The molecule has 72 valence electrons. The van der Waals surface area contributed by atoms with Crippen LogP contribution in [-0.4, -0.2) is 12.1 Å². The lowest BCUT2D eigenvalue weighted by molar-refractivity contribution is 0.398. The highest BCUT2D eigenvalue weighted by Crippen LogP contribution is 2.26. The number of nitrogens with zero attached hydrogens (tertiary/aromatic N) is 1. The fraction of sp³-hybridized carbons (Fsp3) is 0.100. The molecule has 2 aromatic heterocycles. The molecule has 0 aliphatic heterocycles. The molecular formula is C10H8BrNO2. The van der Waals surface area contributed by atoms with Crippen LogP contribution in [0, 0.1) is 0 Å². The topological polar surface area (TPSA) is 35.3 Å². The molecular weight excluding hydrogens is 246 g/mol. The molecule has 0 unspecified atom stereocenters. The van der Waals surface area contributed by atoms with Gasteiger partial charge in [0.25, 0.3) is 0 Å². The predicted octanol–water partition coefficient (Wildman–Crippen LogP) is 3.11. The van der Waals surface area contributed by atoms with Crippen LogP contribution in [0.4, 0.5) is 0 Å². The van der Waals surface area contributed by atoms with Gasteiger partial charge in [0, 0.05) is 17.8 Å². The minimum absolute atomic E-state index is 0.579. The SMILES string of the molecule is COc1cc(-c2ccc(Br)o2)ccn1. The van der Waals surface area contributed by atoms with E-state index in [0.29, 0.717) is 10.5 Å². The first-order valence-corrected chi connectivity index (χ1v) is 4.84. The van der Waals surface area contributed by atoms with Crippen molar-refractivity contribution in [2.24, 2.45) is 0 Å². The number of furan rings is 1. The Kier molecular flexibility index (Phi) is 2.54.